The molecule has 4 rings (SSSR count). The lowest BCUT2D eigenvalue weighted by Gasteiger charge is -2.33. The van der Waals surface area contributed by atoms with Crippen LogP contribution in [0.4, 0.5) is 5.69 Å². The number of carbonyl (C=O) groups is 1. The first-order valence-corrected chi connectivity index (χ1v) is 10.8. The Kier molecular flexibility index (Phi) is 6.92. The van der Waals surface area contributed by atoms with Crippen molar-refractivity contribution < 1.29 is 19.0 Å². The highest BCUT2D eigenvalue weighted by atomic mass is 16.6. The fourth-order valence-corrected chi connectivity index (χ4v) is 3.87. The SMILES string of the molecule is CCOc1ccccc1NC(=O)[C@H](c1ccccc1)N(C)C[C@H]1COc2ccccc2O1. The highest BCUT2D eigenvalue weighted by Crippen LogP contribution is 2.32. The zero-order valence-electron chi connectivity index (χ0n) is 18.4. The Morgan fingerprint density at radius 2 is 1.72 bits per heavy atom. The second kappa shape index (κ2) is 10.2. The Morgan fingerprint density at radius 3 is 2.50 bits per heavy atom. The molecule has 0 saturated heterocycles. The zero-order chi connectivity index (χ0) is 22.3. The molecule has 1 amide bonds. The van der Waals surface area contributed by atoms with Gasteiger partial charge in [0.2, 0.25) is 5.91 Å². The van der Waals surface area contributed by atoms with Gasteiger partial charge in [-0.1, -0.05) is 54.6 Å². The van der Waals surface area contributed by atoms with Gasteiger partial charge in [0.15, 0.2) is 11.5 Å². The number of carbonyl (C=O) groups excluding carboxylic acids is 1. The van der Waals surface area contributed by atoms with E-state index in [2.05, 4.69) is 5.32 Å². The molecule has 3 aromatic carbocycles. The van der Waals surface area contributed by atoms with Crippen LogP contribution in [0.1, 0.15) is 18.5 Å². The largest absolute Gasteiger partial charge is 0.492 e. The van der Waals surface area contributed by atoms with Crippen LogP contribution in [0.15, 0.2) is 78.9 Å². The molecule has 0 aromatic heterocycles. The van der Waals surface area contributed by atoms with Crippen molar-refractivity contribution in [2.24, 2.45) is 0 Å². The minimum atomic E-state index is -0.508. The van der Waals surface area contributed by atoms with Crippen molar-refractivity contribution in [3.05, 3.63) is 84.4 Å². The molecule has 6 heteroatoms. The summed E-state index contributed by atoms with van der Waals surface area (Å²) in [4.78, 5) is 15.5. The van der Waals surface area contributed by atoms with Crippen LogP contribution in [-0.2, 0) is 4.79 Å². The molecule has 6 nitrogen and oxygen atoms in total. The number of nitrogens with one attached hydrogen (secondary N) is 1. The molecule has 0 aliphatic carbocycles. The topological polar surface area (TPSA) is 60.0 Å². The number of ether oxygens (including phenoxy) is 3. The summed E-state index contributed by atoms with van der Waals surface area (Å²) in [5.74, 6) is 1.99. The number of para-hydroxylation sites is 4. The van der Waals surface area contributed by atoms with Crippen LogP contribution in [0.25, 0.3) is 0 Å². The number of anilines is 1. The molecule has 1 aliphatic rings. The molecule has 1 N–H and O–H groups in total. The smallest absolute Gasteiger partial charge is 0.246 e. The van der Waals surface area contributed by atoms with Crippen LogP contribution in [0.3, 0.4) is 0 Å². The van der Waals surface area contributed by atoms with Crippen molar-refractivity contribution in [1.29, 1.82) is 0 Å². The van der Waals surface area contributed by atoms with Crippen molar-refractivity contribution in [1.82, 2.24) is 4.90 Å². The Hall–Kier alpha value is -3.51. The standard InChI is InChI=1S/C26H28N2O4/c1-3-30-22-14-8-7-13-21(22)27-26(29)25(19-11-5-4-6-12-19)28(2)17-20-18-31-23-15-9-10-16-24(23)32-20/h4-16,20,25H,3,17-18H2,1-2H3,(H,27,29)/t20-,25-/m0/s1. The highest BCUT2D eigenvalue weighted by molar-refractivity contribution is 5.96. The summed E-state index contributed by atoms with van der Waals surface area (Å²) in [6, 6.07) is 24.3. The van der Waals surface area contributed by atoms with Gasteiger partial charge in [-0.15, -0.1) is 0 Å². The molecule has 2 atom stereocenters. The molecular formula is C26H28N2O4. The molecule has 0 bridgehead atoms. The van der Waals surface area contributed by atoms with Gasteiger partial charge < -0.3 is 19.5 Å². The van der Waals surface area contributed by atoms with E-state index in [1.807, 2.05) is 97.7 Å². The minimum Gasteiger partial charge on any atom is -0.492 e. The molecule has 1 heterocycles. The van der Waals surface area contributed by atoms with Gasteiger partial charge in [-0.3, -0.25) is 9.69 Å². The third-order valence-corrected chi connectivity index (χ3v) is 5.31. The molecule has 0 spiro atoms. The number of nitrogens with zero attached hydrogens (tertiary/aromatic N) is 1. The van der Waals surface area contributed by atoms with Crippen molar-refractivity contribution in [3.8, 4) is 17.2 Å². The number of amides is 1. The van der Waals surface area contributed by atoms with E-state index in [0.717, 1.165) is 17.1 Å². The number of hydrogen-bond acceptors (Lipinski definition) is 5. The van der Waals surface area contributed by atoms with Crippen LogP contribution in [0.2, 0.25) is 0 Å². The molecule has 0 fully saturated rings. The van der Waals surface area contributed by atoms with Crippen LogP contribution >= 0.6 is 0 Å². The number of hydrogen-bond donors (Lipinski definition) is 1. The second-order valence-corrected chi connectivity index (χ2v) is 7.67. The summed E-state index contributed by atoms with van der Waals surface area (Å²) >= 11 is 0. The van der Waals surface area contributed by atoms with Crippen LogP contribution < -0.4 is 19.5 Å². The average molecular weight is 433 g/mol. The summed E-state index contributed by atoms with van der Waals surface area (Å²) in [5, 5.41) is 3.05. The maximum atomic E-state index is 13.5. The Morgan fingerprint density at radius 1 is 1.03 bits per heavy atom. The lowest BCUT2D eigenvalue weighted by molar-refractivity contribution is -0.121. The van der Waals surface area contributed by atoms with Gasteiger partial charge in [-0.05, 0) is 43.8 Å². The monoisotopic (exact) mass is 432 g/mol. The lowest BCUT2D eigenvalue weighted by Crippen LogP contribution is -2.43. The van der Waals surface area contributed by atoms with E-state index in [9.17, 15) is 4.79 Å². The fraction of sp³-hybridized carbons (Fsp3) is 0.269. The van der Waals surface area contributed by atoms with Gasteiger partial charge in [0.1, 0.15) is 24.5 Å². The first-order valence-electron chi connectivity index (χ1n) is 10.8. The van der Waals surface area contributed by atoms with Crippen LogP contribution in [-0.4, -0.2) is 43.7 Å². The van der Waals surface area contributed by atoms with E-state index in [4.69, 9.17) is 14.2 Å². The predicted octanol–water partition coefficient (Wildman–Crippen LogP) is 4.54. The number of rotatable bonds is 8. The summed E-state index contributed by atoms with van der Waals surface area (Å²) in [6.07, 6.45) is -0.190. The van der Waals surface area contributed by atoms with Crippen LogP contribution in [0, 0.1) is 0 Å². The van der Waals surface area contributed by atoms with Gasteiger partial charge in [0.25, 0.3) is 0 Å². The van der Waals surface area contributed by atoms with Gasteiger partial charge in [0, 0.05) is 6.54 Å². The van der Waals surface area contributed by atoms with E-state index >= 15 is 0 Å². The molecule has 0 unspecified atom stereocenters. The Balaban J connectivity index is 1.53. The predicted molar refractivity (Wildman–Crippen MR) is 124 cm³/mol. The van der Waals surface area contributed by atoms with Gasteiger partial charge in [0.05, 0.1) is 12.3 Å². The van der Waals surface area contributed by atoms with E-state index in [1.165, 1.54) is 0 Å². The molecule has 166 valence electrons. The van der Waals surface area contributed by atoms with E-state index < -0.39 is 6.04 Å². The first-order chi connectivity index (χ1) is 15.7. The lowest BCUT2D eigenvalue weighted by atomic mass is 10.0. The number of fused-ring (bicyclic) bond motifs is 1. The maximum Gasteiger partial charge on any atom is 0.246 e. The van der Waals surface area contributed by atoms with E-state index in [0.29, 0.717) is 31.2 Å². The second-order valence-electron chi connectivity index (χ2n) is 7.67. The van der Waals surface area contributed by atoms with Gasteiger partial charge in [-0.2, -0.15) is 0 Å². The zero-order valence-corrected chi connectivity index (χ0v) is 18.4. The number of benzene rings is 3. The average Bonchev–Trinajstić information content (AvgIpc) is 2.81. The molecule has 3 aromatic rings. The number of likely N-dealkylation sites (N-methyl/N-ethyl adjacent to an activating group) is 1. The van der Waals surface area contributed by atoms with Crippen molar-refractivity contribution >= 4 is 11.6 Å². The minimum absolute atomic E-state index is 0.136. The van der Waals surface area contributed by atoms with Gasteiger partial charge in [-0.25, -0.2) is 0 Å². The van der Waals surface area contributed by atoms with Gasteiger partial charge >= 0.3 is 0 Å². The molecule has 0 saturated carbocycles. The van der Waals surface area contributed by atoms with Crippen LogP contribution in [0.5, 0.6) is 17.2 Å². The van der Waals surface area contributed by atoms with E-state index in [1.54, 1.807) is 0 Å². The first kappa shape index (κ1) is 21.7. The quantitative estimate of drug-likeness (QED) is 0.566. The summed E-state index contributed by atoms with van der Waals surface area (Å²) in [6.45, 7) is 3.39. The molecule has 32 heavy (non-hydrogen) atoms. The maximum absolute atomic E-state index is 13.5. The van der Waals surface area contributed by atoms with Crippen molar-refractivity contribution in [2.75, 3.05) is 32.1 Å². The fourth-order valence-electron chi connectivity index (χ4n) is 3.87. The molecule has 0 radical (unpaired) electrons. The summed E-state index contributed by atoms with van der Waals surface area (Å²) in [5.41, 5.74) is 1.55. The third kappa shape index (κ3) is 5.03. The Bertz CT molecular complexity index is 1040. The van der Waals surface area contributed by atoms with Crippen molar-refractivity contribution in [3.63, 3.8) is 0 Å². The highest BCUT2D eigenvalue weighted by Gasteiger charge is 2.30. The van der Waals surface area contributed by atoms with E-state index in [-0.39, 0.29) is 12.0 Å². The Labute approximate surface area is 188 Å². The third-order valence-electron chi connectivity index (χ3n) is 5.31. The normalized spacial score (nSPS) is 15.8. The summed E-state index contributed by atoms with van der Waals surface area (Å²) in [7, 11) is 1.93. The van der Waals surface area contributed by atoms with Crippen molar-refractivity contribution in [2.45, 2.75) is 19.1 Å². The molecular weight excluding hydrogens is 404 g/mol. The molecule has 1 aliphatic heterocycles. The summed E-state index contributed by atoms with van der Waals surface area (Å²) < 4.78 is 17.6.